The molecule has 8 nitrogen and oxygen atoms in total. The van der Waals surface area contributed by atoms with Crippen LogP contribution in [0.25, 0.3) is 11.1 Å². The quantitative estimate of drug-likeness (QED) is 0.370. The minimum Gasteiger partial charge on any atom is -0.479 e. The summed E-state index contributed by atoms with van der Waals surface area (Å²) in [6.07, 6.45) is -2.39. The molecule has 0 radical (unpaired) electrons. The Balaban J connectivity index is 1.41. The van der Waals surface area contributed by atoms with E-state index in [9.17, 15) is 19.5 Å². The summed E-state index contributed by atoms with van der Waals surface area (Å²) < 4.78 is 6.07. The Bertz CT molecular complexity index is 1220. The van der Waals surface area contributed by atoms with Crippen LogP contribution in [-0.2, 0) is 9.53 Å². The van der Waals surface area contributed by atoms with Crippen LogP contribution in [-0.4, -0.2) is 47.4 Å². The van der Waals surface area contributed by atoms with Crippen molar-refractivity contribution in [2.75, 3.05) is 18.5 Å². The van der Waals surface area contributed by atoms with E-state index >= 15 is 0 Å². The Hall–Kier alpha value is -3.69. The molecule has 0 spiro atoms. The second kappa shape index (κ2) is 10.1. The zero-order chi connectivity index (χ0) is 24.2. The molecule has 174 valence electrons. The van der Waals surface area contributed by atoms with Gasteiger partial charge in [-0.05, 0) is 56.4 Å². The number of rotatable bonds is 7. The Kier molecular flexibility index (Phi) is 6.95. The van der Waals surface area contributed by atoms with Crippen molar-refractivity contribution >= 4 is 39.6 Å². The van der Waals surface area contributed by atoms with Crippen molar-refractivity contribution in [3.8, 4) is 11.1 Å². The third-order valence-electron chi connectivity index (χ3n) is 5.55. The number of aliphatic hydroxyl groups is 1. The number of halogens is 1. The summed E-state index contributed by atoms with van der Waals surface area (Å²) in [5.41, 5.74) is 4.93. The van der Waals surface area contributed by atoms with Gasteiger partial charge in [-0.3, -0.25) is 10.1 Å². The summed E-state index contributed by atoms with van der Waals surface area (Å²) in [5, 5.41) is 23.0. The van der Waals surface area contributed by atoms with Gasteiger partial charge in [0.1, 0.15) is 6.61 Å². The Morgan fingerprint density at radius 3 is 2.21 bits per heavy atom. The largest absolute Gasteiger partial charge is 0.479 e. The Morgan fingerprint density at radius 2 is 1.59 bits per heavy atom. The molecule has 4 N–H and O–H groups in total. The van der Waals surface area contributed by atoms with Crippen LogP contribution in [0.5, 0.6) is 0 Å². The molecule has 1 unspecified atom stereocenters. The van der Waals surface area contributed by atoms with Crippen LogP contribution in [0, 0.1) is 0 Å². The van der Waals surface area contributed by atoms with Gasteiger partial charge in [0.25, 0.3) is 5.91 Å². The maximum atomic E-state index is 12.6. The smallest absolute Gasteiger partial charge is 0.411 e. The molecule has 0 heterocycles. The Morgan fingerprint density at radius 1 is 0.971 bits per heavy atom. The molecule has 0 aromatic heterocycles. The van der Waals surface area contributed by atoms with Crippen LogP contribution in [0.2, 0.25) is 0 Å². The monoisotopic (exact) mass is 524 g/mol. The average molecular weight is 525 g/mol. The SMILES string of the molecule is O=C(Nc1cc(C(=O)NCC(O)C(=O)O)ccc1Br)OCC1c2ccccc2-c2ccccc21. The van der Waals surface area contributed by atoms with E-state index in [1.807, 2.05) is 36.4 Å². The van der Waals surface area contributed by atoms with E-state index in [-0.39, 0.29) is 18.1 Å². The number of hydrogen-bond acceptors (Lipinski definition) is 5. The van der Waals surface area contributed by atoms with Gasteiger partial charge in [-0.25, -0.2) is 9.59 Å². The molecule has 0 saturated carbocycles. The number of ether oxygens (including phenoxy) is 1. The molecule has 3 aromatic rings. The molecule has 1 aliphatic rings. The molecule has 2 amide bonds. The fraction of sp³-hybridized carbons (Fsp3) is 0.160. The molecule has 3 aromatic carbocycles. The number of carbonyl (C=O) groups excluding carboxylic acids is 2. The molecule has 0 aliphatic heterocycles. The maximum absolute atomic E-state index is 12.6. The number of benzene rings is 3. The normalized spacial score (nSPS) is 12.9. The van der Waals surface area contributed by atoms with E-state index in [1.165, 1.54) is 12.1 Å². The topological polar surface area (TPSA) is 125 Å². The lowest BCUT2D eigenvalue weighted by Gasteiger charge is -2.15. The third kappa shape index (κ3) is 4.95. The minimum absolute atomic E-state index is 0.0839. The van der Waals surface area contributed by atoms with Crippen molar-refractivity contribution in [2.24, 2.45) is 0 Å². The first-order chi connectivity index (χ1) is 16.3. The van der Waals surface area contributed by atoms with Crippen molar-refractivity contribution in [1.82, 2.24) is 5.32 Å². The second-order valence-electron chi connectivity index (χ2n) is 7.71. The summed E-state index contributed by atoms with van der Waals surface area (Å²) in [5.74, 6) is -2.11. The number of hydrogen-bond donors (Lipinski definition) is 4. The van der Waals surface area contributed by atoms with Crippen LogP contribution in [0.15, 0.2) is 71.2 Å². The van der Waals surface area contributed by atoms with Crippen molar-refractivity contribution in [3.63, 3.8) is 0 Å². The molecule has 0 saturated heterocycles. The number of amides is 2. The number of anilines is 1. The third-order valence-corrected chi connectivity index (χ3v) is 6.24. The summed E-state index contributed by atoms with van der Waals surface area (Å²) in [6.45, 7) is -0.301. The molecule has 4 rings (SSSR count). The van der Waals surface area contributed by atoms with Crippen molar-refractivity contribution < 1.29 is 29.3 Å². The molecule has 0 fully saturated rings. The predicted octanol–water partition coefficient (Wildman–Crippen LogP) is 3.99. The highest BCUT2D eigenvalue weighted by molar-refractivity contribution is 9.10. The minimum atomic E-state index is -1.71. The van der Waals surface area contributed by atoms with Gasteiger partial charge < -0.3 is 20.3 Å². The summed E-state index contributed by atoms with van der Waals surface area (Å²) in [7, 11) is 0. The van der Waals surface area contributed by atoms with Crippen LogP contribution < -0.4 is 10.6 Å². The number of aliphatic hydroxyl groups excluding tert-OH is 1. The van der Waals surface area contributed by atoms with E-state index in [0.29, 0.717) is 10.2 Å². The molecule has 1 atom stereocenters. The highest BCUT2D eigenvalue weighted by atomic mass is 79.9. The van der Waals surface area contributed by atoms with Crippen molar-refractivity contribution in [2.45, 2.75) is 12.0 Å². The van der Waals surface area contributed by atoms with Crippen LogP contribution in [0.4, 0.5) is 10.5 Å². The lowest BCUT2D eigenvalue weighted by molar-refractivity contribution is -0.146. The van der Waals surface area contributed by atoms with Gasteiger partial charge in [-0.15, -0.1) is 0 Å². The maximum Gasteiger partial charge on any atom is 0.411 e. The second-order valence-corrected chi connectivity index (χ2v) is 8.56. The van der Waals surface area contributed by atoms with Crippen molar-refractivity contribution in [3.05, 3.63) is 87.9 Å². The van der Waals surface area contributed by atoms with Gasteiger partial charge >= 0.3 is 12.1 Å². The van der Waals surface area contributed by atoms with Gasteiger partial charge in [0.2, 0.25) is 0 Å². The zero-order valence-electron chi connectivity index (χ0n) is 17.8. The molecule has 9 heteroatoms. The molecule has 0 bridgehead atoms. The standard InChI is InChI=1S/C25H21BrN2O6/c26-20-10-9-14(23(30)27-12-22(29)24(31)32)11-21(20)28-25(33)34-13-19-17-7-3-1-5-15(17)16-6-2-4-8-18(16)19/h1-11,19,22,29H,12-13H2,(H,27,30)(H,28,33)(H,31,32). The van der Waals surface area contributed by atoms with Gasteiger partial charge in [0.05, 0.1) is 12.2 Å². The highest BCUT2D eigenvalue weighted by Gasteiger charge is 2.29. The van der Waals surface area contributed by atoms with E-state index in [2.05, 4.69) is 38.7 Å². The number of carboxylic acids is 1. The van der Waals surface area contributed by atoms with E-state index < -0.39 is 30.6 Å². The number of carbonyl (C=O) groups is 3. The fourth-order valence-electron chi connectivity index (χ4n) is 3.89. The summed E-state index contributed by atoms with van der Waals surface area (Å²) in [4.78, 5) is 35.5. The van der Waals surface area contributed by atoms with Crippen LogP contribution in [0.1, 0.15) is 27.4 Å². The summed E-state index contributed by atoms with van der Waals surface area (Å²) in [6, 6.07) is 20.5. The predicted molar refractivity (Wildman–Crippen MR) is 129 cm³/mol. The first-order valence-electron chi connectivity index (χ1n) is 10.5. The average Bonchev–Trinajstić information content (AvgIpc) is 3.16. The molecular formula is C25H21BrN2O6. The first kappa shape index (κ1) is 23.5. The lowest BCUT2D eigenvalue weighted by Crippen LogP contribution is -2.36. The zero-order valence-corrected chi connectivity index (χ0v) is 19.4. The van der Waals surface area contributed by atoms with E-state index in [0.717, 1.165) is 22.3 Å². The molecular weight excluding hydrogens is 504 g/mol. The Labute approximate surface area is 203 Å². The molecule has 1 aliphatic carbocycles. The number of carboxylic acid groups (broad SMARTS) is 1. The number of aliphatic carboxylic acids is 1. The van der Waals surface area contributed by atoms with E-state index in [1.54, 1.807) is 6.07 Å². The first-order valence-corrected chi connectivity index (χ1v) is 11.2. The number of fused-ring (bicyclic) bond motifs is 3. The lowest BCUT2D eigenvalue weighted by atomic mass is 9.98. The van der Waals surface area contributed by atoms with Gasteiger partial charge in [-0.2, -0.15) is 0 Å². The van der Waals surface area contributed by atoms with Crippen LogP contribution >= 0.6 is 15.9 Å². The van der Waals surface area contributed by atoms with E-state index in [4.69, 9.17) is 9.84 Å². The van der Waals surface area contributed by atoms with Gasteiger partial charge in [0.15, 0.2) is 6.10 Å². The van der Waals surface area contributed by atoms with Gasteiger partial charge in [-0.1, -0.05) is 48.5 Å². The van der Waals surface area contributed by atoms with Crippen LogP contribution in [0.3, 0.4) is 0 Å². The highest BCUT2D eigenvalue weighted by Crippen LogP contribution is 2.44. The van der Waals surface area contributed by atoms with Gasteiger partial charge in [0, 0.05) is 16.0 Å². The fourth-order valence-corrected chi connectivity index (χ4v) is 4.23. The van der Waals surface area contributed by atoms with Crippen molar-refractivity contribution in [1.29, 1.82) is 0 Å². The number of nitrogens with one attached hydrogen (secondary N) is 2. The molecule has 34 heavy (non-hydrogen) atoms. The summed E-state index contributed by atoms with van der Waals surface area (Å²) >= 11 is 3.33.